The van der Waals surface area contributed by atoms with Crippen LogP contribution in [-0.2, 0) is 13.1 Å². The predicted octanol–water partition coefficient (Wildman–Crippen LogP) is 2.83. The number of rotatable bonds is 6. The molecule has 0 saturated heterocycles. The number of amides is 2. The lowest BCUT2D eigenvalue weighted by Gasteiger charge is -2.19. The SMILES string of the molecule is CS[C@@H]1CCC[C@@H]1NC(=O)NCc1ccc(CN(C)C)cc1. The second-order valence-corrected chi connectivity index (χ2v) is 7.27. The van der Waals surface area contributed by atoms with Gasteiger partial charge in [0.05, 0.1) is 0 Å². The van der Waals surface area contributed by atoms with E-state index in [0.717, 1.165) is 18.5 Å². The first-order valence-corrected chi connectivity index (χ1v) is 9.17. The van der Waals surface area contributed by atoms with Crippen LogP contribution < -0.4 is 10.6 Å². The van der Waals surface area contributed by atoms with Crippen molar-refractivity contribution < 1.29 is 4.79 Å². The minimum Gasteiger partial charge on any atom is -0.334 e. The molecule has 0 bridgehead atoms. The van der Waals surface area contributed by atoms with Crippen molar-refractivity contribution in [2.24, 2.45) is 0 Å². The maximum Gasteiger partial charge on any atom is 0.315 e. The van der Waals surface area contributed by atoms with Gasteiger partial charge in [0.1, 0.15) is 0 Å². The maximum atomic E-state index is 12.0. The summed E-state index contributed by atoms with van der Waals surface area (Å²) in [6.45, 7) is 1.51. The molecular weight excluding hydrogens is 294 g/mol. The van der Waals surface area contributed by atoms with Crippen molar-refractivity contribution >= 4 is 17.8 Å². The van der Waals surface area contributed by atoms with E-state index in [1.807, 2.05) is 11.8 Å². The van der Waals surface area contributed by atoms with Crippen LogP contribution >= 0.6 is 11.8 Å². The smallest absolute Gasteiger partial charge is 0.315 e. The third-order valence-corrected chi connectivity index (χ3v) is 5.22. The first-order chi connectivity index (χ1) is 10.6. The van der Waals surface area contributed by atoms with Gasteiger partial charge in [0.2, 0.25) is 0 Å². The number of carbonyl (C=O) groups is 1. The van der Waals surface area contributed by atoms with Crippen LogP contribution in [0.5, 0.6) is 0 Å². The van der Waals surface area contributed by atoms with Crippen LogP contribution in [0.4, 0.5) is 4.79 Å². The topological polar surface area (TPSA) is 44.4 Å². The van der Waals surface area contributed by atoms with Gasteiger partial charge in [-0.15, -0.1) is 0 Å². The fraction of sp³-hybridized carbons (Fsp3) is 0.588. The Hall–Kier alpha value is -1.20. The summed E-state index contributed by atoms with van der Waals surface area (Å²) in [5.41, 5.74) is 2.41. The Morgan fingerprint density at radius 2 is 1.91 bits per heavy atom. The summed E-state index contributed by atoms with van der Waals surface area (Å²) in [5.74, 6) is 0. The van der Waals surface area contributed by atoms with Crippen molar-refractivity contribution in [3.05, 3.63) is 35.4 Å². The number of nitrogens with zero attached hydrogens (tertiary/aromatic N) is 1. The van der Waals surface area contributed by atoms with Crippen LogP contribution in [0.3, 0.4) is 0 Å². The molecule has 0 radical (unpaired) electrons. The van der Waals surface area contributed by atoms with E-state index in [0.29, 0.717) is 17.8 Å². The molecule has 122 valence electrons. The largest absolute Gasteiger partial charge is 0.334 e. The van der Waals surface area contributed by atoms with Gasteiger partial charge in [0.25, 0.3) is 0 Å². The number of benzene rings is 1. The molecule has 5 heteroatoms. The van der Waals surface area contributed by atoms with Crippen molar-refractivity contribution in [2.75, 3.05) is 20.4 Å². The lowest BCUT2D eigenvalue weighted by atomic mass is 10.1. The van der Waals surface area contributed by atoms with Gasteiger partial charge in [-0.05, 0) is 44.3 Å². The van der Waals surface area contributed by atoms with Crippen LogP contribution in [0, 0.1) is 0 Å². The monoisotopic (exact) mass is 321 g/mol. The predicted molar refractivity (Wildman–Crippen MR) is 94.1 cm³/mol. The van der Waals surface area contributed by atoms with Gasteiger partial charge in [-0.1, -0.05) is 30.7 Å². The molecule has 2 amide bonds. The summed E-state index contributed by atoms with van der Waals surface area (Å²) >= 11 is 1.86. The van der Waals surface area contributed by atoms with Gasteiger partial charge in [0.15, 0.2) is 0 Å². The fourth-order valence-electron chi connectivity index (χ4n) is 2.90. The van der Waals surface area contributed by atoms with E-state index in [1.165, 1.54) is 18.4 Å². The molecule has 22 heavy (non-hydrogen) atoms. The number of urea groups is 1. The number of hydrogen-bond donors (Lipinski definition) is 2. The molecule has 1 aliphatic rings. The highest BCUT2D eigenvalue weighted by Crippen LogP contribution is 2.28. The quantitative estimate of drug-likeness (QED) is 0.847. The van der Waals surface area contributed by atoms with E-state index in [9.17, 15) is 4.79 Å². The number of carbonyl (C=O) groups excluding carboxylic acids is 1. The summed E-state index contributed by atoms with van der Waals surface area (Å²) in [5, 5.41) is 6.64. The molecule has 4 nitrogen and oxygen atoms in total. The highest BCUT2D eigenvalue weighted by molar-refractivity contribution is 7.99. The second kappa shape index (κ2) is 8.44. The fourth-order valence-corrected chi connectivity index (χ4v) is 3.84. The molecule has 1 aromatic rings. The normalized spacial score (nSPS) is 21.1. The van der Waals surface area contributed by atoms with Crippen molar-refractivity contribution in [1.82, 2.24) is 15.5 Å². The van der Waals surface area contributed by atoms with Gasteiger partial charge >= 0.3 is 6.03 Å². The number of nitrogens with one attached hydrogen (secondary N) is 2. The second-order valence-electron chi connectivity index (χ2n) is 6.19. The van der Waals surface area contributed by atoms with E-state index < -0.39 is 0 Å². The molecule has 0 aliphatic heterocycles. The van der Waals surface area contributed by atoms with Crippen molar-refractivity contribution in [2.45, 2.75) is 43.6 Å². The maximum absolute atomic E-state index is 12.0. The standard InChI is InChI=1S/C17H27N3OS/c1-20(2)12-14-9-7-13(8-10-14)11-18-17(21)19-15-5-4-6-16(15)22-3/h7-10,15-16H,4-6,11-12H2,1-3H3,(H2,18,19,21)/t15-,16+/m0/s1. The Morgan fingerprint density at radius 3 is 2.55 bits per heavy atom. The molecule has 2 rings (SSSR count). The summed E-state index contributed by atoms with van der Waals surface area (Å²) in [6.07, 6.45) is 5.64. The minimum absolute atomic E-state index is 0.0525. The van der Waals surface area contributed by atoms with E-state index >= 15 is 0 Å². The Morgan fingerprint density at radius 1 is 1.23 bits per heavy atom. The van der Waals surface area contributed by atoms with Gasteiger partial charge < -0.3 is 15.5 Å². The average molecular weight is 321 g/mol. The van der Waals surface area contributed by atoms with Gasteiger partial charge in [-0.25, -0.2) is 4.79 Å². The van der Waals surface area contributed by atoms with Crippen molar-refractivity contribution in [3.63, 3.8) is 0 Å². The lowest BCUT2D eigenvalue weighted by Crippen LogP contribution is -2.44. The van der Waals surface area contributed by atoms with Crippen LogP contribution in [-0.4, -0.2) is 42.6 Å². The van der Waals surface area contributed by atoms with Crippen LogP contribution in [0.25, 0.3) is 0 Å². The first kappa shape index (κ1) is 17.2. The summed E-state index contributed by atoms with van der Waals surface area (Å²) < 4.78 is 0. The molecule has 1 aromatic carbocycles. The molecule has 0 aromatic heterocycles. The Balaban J connectivity index is 1.76. The Kier molecular flexibility index (Phi) is 6.58. The molecule has 0 spiro atoms. The number of thioether (sulfide) groups is 1. The first-order valence-electron chi connectivity index (χ1n) is 7.88. The molecule has 0 unspecified atom stereocenters. The van der Waals surface area contributed by atoms with Gasteiger partial charge in [0, 0.05) is 24.4 Å². The van der Waals surface area contributed by atoms with Gasteiger partial charge in [-0.2, -0.15) is 11.8 Å². The van der Waals surface area contributed by atoms with Crippen LogP contribution in [0.2, 0.25) is 0 Å². The molecular formula is C17H27N3OS. The highest BCUT2D eigenvalue weighted by Gasteiger charge is 2.27. The average Bonchev–Trinajstić information content (AvgIpc) is 2.93. The third-order valence-electron chi connectivity index (χ3n) is 4.05. The molecule has 2 atom stereocenters. The zero-order chi connectivity index (χ0) is 15.9. The van der Waals surface area contributed by atoms with E-state index in [2.05, 4.69) is 60.2 Å². The Labute approximate surface area is 138 Å². The van der Waals surface area contributed by atoms with E-state index in [-0.39, 0.29) is 6.03 Å². The zero-order valence-corrected chi connectivity index (χ0v) is 14.6. The third kappa shape index (κ3) is 5.21. The lowest BCUT2D eigenvalue weighted by molar-refractivity contribution is 0.237. The molecule has 2 N–H and O–H groups in total. The van der Waals surface area contributed by atoms with Crippen LogP contribution in [0.1, 0.15) is 30.4 Å². The van der Waals surface area contributed by atoms with E-state index in [1.54, 1.807) is 0 Å². The van der Waals surface area contributed by atoms with Crippen LogP contribution in [0.15, 0.2) is 24.3 Å². The number of hydrogen-bond acceptors (Lipinski definition) is 3. The summed E-state index contributed by atoms with van der Waals surface area (Å²) in [6, 6.07) is 8.67. The molecule has 1 fully saturated rings. The minimum atomic E-state index is -0.0525. The highest BCUT2D eigenvalue weighted by atomic mass is 32.2. The molecule has 1 aliphatic carbocycles. The Bertz CT molecular complexity index is 475. The zero-order valence-electron chi connectivity index (χ0n) is 13.8. The summed E-state index contributed by atoms with van der Waals surface area (Å²) in [4.78, 5) is 14.2. The molecule has 0 heterocycles. The van der Waals surface area contributed by atoms with E-state index in [4.69, 9.17) is 0 Å². The summed E-state index contributed by atoms with van der Waals surface area (Å²) in [7, 11) is 4.12. The van der Waals surface area contributed by atoms with Gasteiger partial charge in [-0.3, -0.25) is 0 Å². The van der Waals surface area contributed by atoms with Crippen molar-refractivity contribution in [3.8, 4) is 0 Å². The molecule has 1 saturated carbocycles. The van der Waals surface area contributed by atoms with Crippen molar-refractivity contribution in [1.29, 1.82) is 0 Å².